The monoisotopic (exact) mass is 283 g/mol. The van der Waals surface area contributed by atoms with E-state index in [9.17, 15) is 0 Å². The minimum atomic E-state index is 0.201. The summed E-state index contributed by atoms with van der Waals surface area (Å²) in [4.78, 5) is 0. The Bertz CT molecular complexity index is 406. The third kappa shape index (κ3) is 3.09. The first-order chi connectivity index (χ1) is 9.19. The predicted molar refractivity (Wildman–Crippen MR) is 78.5 cm³/mol. The molecule has 1 aromatic carbocycles. The fourth-order valence-corrected chi connectivity index (χ4v) is 3.41. The molecule has 2 unspecified atom stereocenters. The maximum Gasteiger partial charge on any atom is 0.131 e. The molecular formula is C14H21NO3S. The quantitative estimate of drug-likeness (QED) is 0.920. The molecule has 2 rings (SSSR count). The zero-order valence-electron chi connectivity index (χ0n) is 11.9. The van der Waals surface area contributed by atoms with Gasteiger partial charge in [0.1, 0.15) is 17.2 Å². The Morgan fingerprint density at radius 3 is 2.16 bits per heavy atom. The van der Waals surface area contributed by atoms with E-state index in [2.05, 4.69) is 12.2 Å². The minimum absolute atomic E-state index is 0.201. The van der Waals surface area contributed by atoms with E-state index in [0.717, 1.165) is 35.1 Å². The van der Waals surface area contributed by atoms with Gasteiger partial charge in [-0.3, -0.25) is 0 Å². The molecule has 106 valence electrons. The van der Waals surface area contributed by atoms with Crippen LogP contribution in [0.4, 0.5) is 0 Å². The molecule has 19 heavy (non-hydrogen) atoms. The van der Waals surface area contributed by atoms with Crippen LogP contribution in [0.3, 0.4) is 0 Å². The summed E-state index contributed by atoms with van der Waals surface area (Å²) in [5, 5.41) is 3.74. The van der Waals surface area contributed by atoms with Crippen LogP contribution in [0.2, 0.25) is 0 Å². The summed E-state index contributed by atoms with van der Waals surface area (Å²) in [6, 6.07) is 3.80. The number of thioether (sulfide) groups is 1. The highest BCUT2D eigenvalue weighted by Gasteiger charge is 2.26. The minimum Gasteiger partial charge on any atom is -0.496 e. The Balaban J connectivity index is 2.36. The second-order valence-electron chi connectivity index (χ2n) is 4.67. The number of hydrogen-bond acceptors (Lipinski definition) is 5. The molecule has 0 aliphatic carbocycles. The second-order valence-corrected chi connectivity index (χ2v) is 5.81. The van der Waals surface area contributed by atoms with Crippen molar-refractivity contribution in [1.82, 2.24) is 5.32 Å². The molecule has 0 spiro atoms. The largest absolute Gasteiger partial charge is 0.496 e. The van der Waals surface area contributed by atoms with Gasteiger partial charge in [-0.2, -0.15) is 0 Å². The average molecular weight is 283 g/mol. The highest BCUT2D eigenvalue weighted by atomic mass is 32.2. The third-order valence-electron chi connectivity index (χ3n) is 3.21. The predicted octanol–water partition coefficient (Wildman–Crippen LogP) is 2.68. The molecule has 5 heteroatoms. The summed E-state index contributed by atoms with van der Waals surface area (Å²) in [5.41, 5.74) is 1.06. The molecule has 1 heterocycles. The SMILES string of the molecule is COc1cc(OC)c(C2NCC(C)CS2)c(OC)c1. The first-order valence-electron chi connectivity index (χ1n) is 6.34. The van der Waals surface area contributed by atoms with E-state index in [4.69, 9.17) is 14.2 Å². The van der Waals surface area contributed by atoms with E-state index in [1.165, 1.54) is 0 Å². The maximum atomic E-state index is 5.50. The Morgan fingerprint density at radius 2 is 1.74 bits per heavy atom. The summed E-state index contributed by atoms with van der Waals surface area (Å²) >= 11 is 1.89. The van der Waals surface area contributed by atoms with Gasteiger partial charge in [0.2, 0.25) is 0 Å². The van der Waals surface area contributed by atoms with Gasteiger partial charge in [0.05, 0.1) is 32.3 Å². The molecular weight excluding hydrogens is 262 g/mol. The van der Waals surface area contributed by atoms with Crippen molar-refractivity contribution in [2.75, 3.05) is 33.6 Å². The van der Waals surface area contributed by atoms with Crippen LogP contribution in [-0.4, -0.2) is 33.6 Å². The summed E-state index contributed by atoms with van der Waals surface area (Å²) in [5.74, 6) is 4.17. The van der Waals surface area contributed by atoms with Crippen LogP contribution in [-0.2, 0) is 0 Å². The smallest absolute Gasteiger partial charge is 0.131 e. The van der Waals surface area contributed by atoms with E-state index >= 15 is 0 Å². The van der Waals surface area contributed by atoms with Crippen molar-refractivity contribution in [2.24, 2.45) is 5.92 Å². The Hall–Kier alpha value is -1.07. The lowest BCUT2D eigenvalue weighted by Gasteiger charge is -2.29. The van der Waals surface area contributed by atoms with Crippen molar-refractivity contribution < 1.29 is 14.2 Å². The molecule has 0 aromatic heterocycles. The van der Waals surface area contributed by atoms with E-state index in [0.29, 0.717) is 5.92 Å². The van der Waals surface area contributed by atoms with Gasteiger partial charge in [-0.1, -0.05) is 6.92 Å². The highest BCUT2D eigenvalue weighted by Crippen LogP contribution is 2.44. The van der Waals surface area contributed by atoms with Crippen molar-refractivity contribution in [2.45, 2.75) is 12.3 Å². The van der Waals surface area contributed by atoms with E-state index in [1.807, 2.05) is 23.9 Å². The molecule has 0 amide bonds. The number of hydrogen-bond donors (Lipinski definition) is 1. The molecule has 0 saturated carbocycles. The molecule has 1 N–H and O–H groups in total. The number of rotatable bonds is 4. The van der Waals surface area contributed by atoms with Crippen LogP contribution in [0.1, 0.15) is 17.9 Å². The fraction of sp³-hybridized carbons (Fsp3) is 0.571. The molecule has 1 aliphatic heterocycles. The average Bonchev–Trinajstić information content (AvgIpc) is 2.46. The first-order valence-corrected chi connectivity index (χ1v) is 7.39. The van der Waals surface area contributed by atoms with E-state index in [1.54, 1.807) is 21.3 Å². The second kappa shape index (κ2) is 6.39. The highest BCUT2D eigenvalue weighted by molar-refractivity contribution is 7.99. The number of nitrogens with one attached hydrogen (secondary N) is 1. The van der Waals surface area contributed by atoms with Gasteiger partial charge >= 0.3 is 0 Å². The summed E-state index contributed by atoms with van der Waals surface area (Å²) in [6.45, 7) is 3.26. The van der Waals surface area contributed by atoms with Crippen LogP contribution in [0.15, 0.2) is 12.1 Å². The van der Waals surface area contributed by atoms with Crippen LogP contribution in [0, 0.1) is 5.92 Å². The Kier molecular flexibility index (Phi) is 4.82. The van der Waals surface area contributed by atoms with Crippen LogP contribution in [0.5, 0.6) is 17.2 Å². The van der Waals surface area contributed by atoms with Crippen molar-refractivity contribution in [3.8, 4) is 17.2 Å². The van der Waals surface area contributed by atoms with Crippen molar-refractivity contribution >= 4 is 11.8 Å². The van der Waals surface area contributed by atoms with Crippen molar-refractivity contribution in [1.29, 1.82) is 0 Å². The van der Waals surface area contributed by atoms with Gasteiger partial charge in [0.15, 0.2) is 0 Å². The van der Waals surface area contributed by atoms with E-state index in [-0.39, 0.29) is 5.37 Å². The van der Waals surface area contributed by atoms with Gasteiger partial charge in [0.25, 0.3) is 0 Å². The van der Waals surface area contributed by atoms with Crippen LogP contribution >= 0.6 is 11.8 Å². The Morgan fingerprint density at radius 1 is 1.11 bits per heavy atom. The lowest BCUT2D eigenvalue weighted by molar-refractivity contribution is 0.364. The Labute approximate surface area is 118 Å². The van der Waals surface area contributed by atoms with Crippen LogP contribution < -0.4 is 19.5 Å². The lowest BCUT2D eigenvalue weighted by atomic mass is 10.1. The van der Waals surface area contributed by atoms with Crippen LogP contribution in [0.25, 0.3) is 0 Å². The van der Waals surface area contributed by atoms with Gasteiger partial charge < -0.3 is 19.5 Å². The molecule has 1 saturated heterocycles. The van der Waals surface area contributed by atoms with E-state index < -0.39 is 0 Å². The normalized spacial score (nSPS) is 22.9. The van der Waals surface area contributed by atoms with Gasteiger partial charge in [-0.05, 0) is 18.2 Å². The standard InChI is InChI=1S/C14H21NO3S/c1-9-7-15-14(19-8-9)13-11(17-3)5-10(16-2)6-12(13)18-4/h5-6,9,14-15H,7-8H2,1-4H3. The molecule has 1 fully saturated rings. The topological polar surface area (TPSA) is 39.7 Å². The number of methoxy groups -OCH3 is 3. The molecule has 4 nitrogen and oxygen atoms in total. The zero-order valence-corrected chi connectivity index (χ0v) is 12.7. The summed E-state index contributed by atoms with van der Waals surface area (Å²) < 4.78 is 16.3. The number of benzene rings is 1. The fourth-order valence-electron chi connectivity index (χ4n) is 2.16. The van der Waals surface area contributed by atoms with Crippen molar-refractivity contribution in [3.05, 3.63) is 17.7 Å². The third-order valence-corrected chi connectivity index (χ3v) is 4.71. The molecule has 0 bridgehead atoms. The summed E-state index contributed by atoms with van der Waals surface area (Å²) in [6.07, 6.45) is 0. The summed E-state index contributed by atoms with van der Waals surface area (Å²) in [7, 11) is 4.99. The zero-order chi connectivity index (χ0) is 13.8. The van der Waals surface area contributed by atoms with Gasteiger partial charge in [-0.15, -0.1) is 11.8 Å². The van der Waals surface area contributed by atoms with Crippen molar-refractivity contribution in [3.63, 3.8) is 0 Å². The molecule has 2 atom stereocenters. The number of ether oxygens (including phenoxy) is 3. The van der Waals surface area contributed by atoms with Gasteiger partial charge in [-0.25, -0.2) is 0 Å². The lowest BCUT2D eigenvalue weighted by Crippen LogP contribution is -2.31. The molecule has 1 aromatic rings. The maximum absolute atomic E-state index is 5.50. The van der Waals surface area contributed by atoms with Gasteiger partial charge in [0, 0.05) is 12.1 Å². The first kappa shape index (κ1) is 14.3. The molecule has 0 radical (unpaired) electrons. The molecule has 1 aliphatic rings.